The molecule has 2 aromatic rings. The number of hydrogen-bond donors (Lipinski definition) is 1. The molecule has 0 aliphatic rings. The molecule has 0 bridgehead atoms. The Bertz CT molecular complexity index is 930. The van der Waals surface area contributed by atoms with Crippen molar-refractivity contribution in [2.45, 2.75) is 84.6 Å². The summed E-state index contributed by atoms with van der Waals surface area (Å²) >= 11 is 12.1. The molecule has 1 atom stereocenters. The Hall–Kier alpha value is -1.84. The van der Waals surface area contributed by atoms with Crippen LogP contribution in [0.15, 0.2) is 47.5 Å². The molecule has 0 radical (unpaired) electrons. The molecule has 5 heteroatoms. The predicted octanol–water partition coefficient (Wildman–Crippen LogP) is 7.60. The number of nitrogens with zero attached hydrogens (tertiary/aromatic N) is 1. The van der Waals surface area contributed by atoms with Crippen LogP contribution < -0.4 is 5.32 Å². The summed E-state index contributed by atoms with van der Waals surface area (Å²) in [6.45, 7) is 11.7. The standard InChI is InChI=1S/C28H38Cl2N2O/c1-6-7-8-9-16-31-20(2)26(18-21-10-13-23(14-11-21)28(3,4)5)32-27(33)19-22-12-15-24(29)25(30)17-22/h10-15,17,26H,6-9,16,18-19H2,1-5H3,(H,32,33). The van der Waals surface area contributed by atoms with Crippen LogP contribution in [-0.4, -0.2) is 24.2 Å². The number of unbranched alkanes of at least 4 members (excludes halogenated alkanes) is 3. The molecule has 1 unspecified atom stereocenters. The molecule has 0 fully saturated rings. The van der Waals surface area contributed by atoms with E-state index < -0.39 is 0 Å². The highest BCUT2D eigenvalue weighted by atomic mass is 35.5. The highest BCUT2D eigenvalue weighted by Crippen LogP contribution is 2.24. The van der Waals surface area contributed by atoms with Crippen LogP contribution in [0.5, 0.6) is 0 Å². The lowest BCUT2D eigenvalue weighted by molar-refractivity contribution is -0.120. The average molecular weight is 490 g/mol. The molecule has 2 rings (SSSR count). The zero-order valence-electron chi connectivity index (χ0n) is 20.7. The van der Waals surface area contributed by atoms with Crippen molar-refractivity contribution in [2.24, 2.45) is 4.99 Å². The second kappa shape index (κ2) is 13.2. The summed E-state index contributed by atoms with van der Waals surface area (Å²) < 4.78 is 0. The Morgan fingerprint density at radius 3 is 2.24 bits per heavy atom. The van der Waals surface area contributed by atoms with Gasteiger partial charge < -0.3 is 5.32 Å². The Kier molecular flexibility index (Phi) is 10.9. The van der Waals surface area contributed by atoms with Gasteiger partial charge in [0.2, 0.25) is 5.91 Å². The van der Waals surface area contributed by atoms with E-state index in [1.165, 1.54) is 30.4 Å². The fourth-order valence-electron chi connectivity index (χ4n) is 3.66. The smallest absolute Gasteiger partial charge is 0.224 e. The van der Waals surface area contributed by atoms with Crippen molar-refractivity contribution in [3.05, 3.63) is 69.2 Å². The van der Waals surface area contributed by atoms with Crippen molar-refractivity contribution in [1.82, 2.24) is 5.32 Å². The fraction of sp³-hybridized carbons (Fsp3) is 0.500. The minimum Gasteiger partial charge on any atom is -0.347 e. The minimum absolute atomic E-state index is 0.0507. The van der Waals surface area contributed by atoms with Crippen LogP contribution in [-0.2, 0) is 23.1 Å². The summed E-state index contributed by atoms with van der Waals surface area (Å²) in [6, 6.07) is 13.8. The number of amides is 1. The predicted molar refractivity (Wildman–Crippen MR) is 143 cm³/mol. The third-order valence-corrected chi connectivity index (χ3v) is 6.56. The maximum absolute atomic E-state index is 12.9. The third kappa shape index (κ3) is 9.51. The van der Waals surface area contributed by atoms with E-state index in [2.05, 4.69) is 57.3 Å². The first-order valence-electron chi connectivity index (χ1n) is 11.9. The summed E-state index contributed by atoms with van der Waals surface area (Å²) in [7, 11) is 0. The zero-order valence-corrected chi connectivity index (χ0v) is 22.2. The number of carbonyl (C=O) groups is 1. The summed E-state index contributed by atoms with van der Waals surface area (Å²) in [6.07, 6.45) is 5.67. The first-order valence-corrected chi connectivity index (χ1v) is 12.7. The number of halogens is 2. The quantitative estimate of drug-likeness (QED) is 0.256. The molecule has 180 valence electrons. The van der Waals surface area contributed by atoms with Gasteiger partial charge in [-0.15, -0.1) is 0 Å². The van der Waals surface area contributed by atoms with E-state index in [4.69, 9.17) is 28.2 Å². The lowest BCUT2D eigenvalue weighted by Gasteiger charge is -2.22. The second-order valence-corrected chi connectivity index (χ2v) is 10.6. The lowest BCUT2D eigenvalue weighted by Crippen LogP contribution is -2.42. The van der Waals surface area contributed by atoms with Gasteiger partial charge in [-0.2, -0.15) is 0 Å². The van der Waals surface area contributed by atoms with Gasteiger partial charge in [-0.25, -0.2) is 0 Å². The molecule has 0 aromatic heterocycles. The zero-order chi connectivity index (χ0) is 24.4. The summed E-state index contributed by atoms with van der Waals surface area (Å²) in [5.74, 6) is -0.0507. The van der Waals surface area contributed by atoms with E-state index in [1.54, 1.807) is 12.1 Å². The van der Waals surface area contributed by atoms with Crippen molar-refractivity contribution in [3.8, 4) is 0 Å². The SMILES string of the molecule is CCCCCCN=C(C)C(Cc1ccc(C(C)(C)C)cc1)NC(=O)Cc1ccc(Cl)c(Cl)c1. The van der Waals surface area contributed by atoms with Crippen LogP contribution in [0.3, 0.4) is 0 Å². The number of nitrogens with one attached hydrogen (secondary N) is 1. The van der Waals surface area contributed by atoms with Crippen LogP contribution in [0.1, 0.15) is 77.0 Å². The molecule has 0 saturated heterocycles. The van der Waals surface area contributed by atoms with E-state index in [1.807, 2.05) is 13.0 Å². The molecule has 2 aromatic carbocycles. The first-order chi connectivity index (χ1) is 15.6. The average Bonchev–Trinajstić information content (AvgIpc) is 2.75. The molecule has 0 spiro atoms. The van der Waals surface area contributed by atoms with Gasteiger partial charge >= 0.3 is 0 Å². The molecule has 0 aliphatic carbocycles. The van der Waals surface area contributed by atoms with Gasteiger partial charge in [0.05, 0.1) is 22.5 Å². The van der Waals surface area contributed by atoms with Crippen molar-refractivity contribution in [3.63, 3.8) is 0 Å². The summed E-state index contributed by atoms with van der Waals surface area (Å²) in [4.78, 5) is 17.7. The van der Waals surface area contributed by atoms with Crippen LogP contribution in [0, 0.1) is 0 Å². The van der Waals surface area contributed by atoms with Gasteiger partial charge in [0.15, 0.2) is 0 Å². The molecule has 1 N–H and O–H groups in total. The summed E-state index contributed by atoms with van der Waals surface area (Å²) in [5.41, 5.74) is 4.40. The van der Waals surface area contributed by atoms with Gasteiger partial charge in [-0.3, -0.25) is 9.79 Å². The van der Waals surface area contributed by atoms with Crippen LogP contribution in [0.2, 0.25) is 10.0 Å². The van der Waals surface area contributed by atoms with Gasteiger partial charge in [0.1, 0.15) is 0 Å². The second-order valence-electron chi connectivity index (χ2n) is 9.78. The highest BCUT2D eigenvalue weighted by Gasteiger charge is 2.18. The van der Waals surface area contributed by atoms with E-state index in [0.717, 1.165) is 24.2 Å². The van der Waals surface area contributed by atoms with Crippen molar-refractivity contribution < 1.29 is 4.79 Å². The molecular weight excluding hydrogens is 451 g/mol. The largest absolute Gasteiger partial charge is 0.347 e. The van der Waals surface area contributed by atoms with Crippen molar-refractivity contribution >= 4 is 34.8 Å². The molecule has 33 heavy (non-hydrogen) atoms. The monoisotopic (exact) mass is 488 g/mol. The van der Waals surface area contributed by atoms with Crippen molar-refractivity contribution in [1.29, 1.82) is 0 Å². The molecule has 0 saturated carbocycles. The highest BCUT2D eigenvalue weighted by molar-refractivity contribution is 6.42. The van der Waals surface area contributed by atoms with Crippen LogP contribution in [0.4, 0.5) is 0 Å². The van der Waals surface area contributed by atoms with E-state index in [0.29, 0.717) is 16.5 Å². The number of carbonyl (C=O) groups excluding carboxylic acids is 1. The molecular formula is C28H38Cl2N2O. The van der Waals surface area contributed by atoms with E-state index >= 15 is 0 Å². The maximum Gasteiger partial charge on any atom is 0.224 e. The molecule has 0 aliphatic heterocycles. The van der Waals surface area contributed by atoms with E-state index in [9.17, 15) is 4.79 Å². The Balaban J connectivity index is 2.12. The Morgan fingerprint density at radius 2 is 1.64 bits per heavy atom. The van der Waals surface area contributed by atoms with Gasteiger partial charge in [-0.05, 0) is 54.0 Å². The number of rotatable bonds is 11. The Morgan fingerprint density at radius 1 is 0.970 bits per heavy atom. The third-order valence-electron chi connectivity index (χ3n) is 5.82. The van der Waals surface area contributed by atoms with Crippen LogP contribution >= 0.6 is 23.2 Å². The van der Waals surface area contributed by atoms with Gasteiger partial charge in [0, 0.05) is 12.3 Å². The molecule has 0 heterocycles. The molecule has 1 amide bonds. The number of aliphatic imine (C=N–C) groups is 1. The molecule has 3 nitrogen and oxygen atoms in total. The van der Waals surface area contributed by atoms with Crippen molar-refractivity contribution in [2.75, 3.05) is 6.54 Å². The van der Waals surface area contributed by atoms with Crippen LogP contribution in [0.25, 0.3) is 0 Å². The van der Waals surface area contributed by atoms with Gasteiger partial charge in [-0.1, -0.05) is 100 Å². The summed E-state index contributed by atoms with van der Waals surface area (Å²) in [5, 5.41) is 4.15. The fourth-order valence-corrected chi connectivity index (χ4v) is 3.98. The normalized spacial score (nSPS) is 13.1. The Labute approximate surface area is 210 Å². The maximum atomic E-state index is 12.9. The topological polar surface area (TPSA) is 41.5 Å². The minimum atomic E-state index is -0.146. The number of hydrogen-bond acceptors (Lipinski definition) is 2. The first kappa shape index (κ1) is 27.4. The van der Waals surface area contributed by atoms with Gasteiger partial charge in [0.25, 0.3) is 0 Å². The lowest BCUT2D eigenvalue weighted by atomic mass is 9.86. The number of benzene rings is 2. The van der Waals surface area contributed by atoms with E-state index in [-0.39, 0.29) is 23.8 Å².